The number of esters is 1. The number of ether oxygens (including phenoxy) is 2. The van der Waals surface area contributed by atoms with E-state index in [1.54, 1.807) is 0 Å². The minimum Gasteiger partial charge on any atom is -0.412 e. The highest BCUT2D eigenvalue weighted by Gasteiger charge is 2.67. The Kier molecular flexibility index (Phi) is 8.55. The fraction of sp³-hybridized carbons (Fsp3) is 0.538. The van der Waals surface area contributed by atoms with Gasteiger partial charge in [-0.25, -0.2) is 4.79 Å². The summed E-state index contributed by atoms with van der Waals surface area (Å²) in [6, 6.07) is 0. The van der Waals surface area contributed by atoms with Gasteiger partial charge in [-0.15, -0.1) is 6.58 Å². The van der Waals surface area contributed by atoms with Gasteiger partial charge in [0.15, 0.2) is 0 Å². The molecule has 174 valence electrons. The second-order valence-electron chi connectivity index (χ2n) is 5.19. The first-order chi connectivity index (χ1) is 13.2. The zero-order valence-corrected chi connectivity index (χ0v) is 15.3. The molecule has 0 rings (SSSR count). The Balaban J connectivity index is 6.09. The van der Waals surface area contributed by atoms with E-state index in [0.717, 1.165) is 6.08 Å². The quantitative estimate of drug-likeness (QED) is 0.123. The largest absolute Gasteiger partial charge is 0.466 e. The second-order valence-corrected chi connectivity index (χ2v) is 6.74. The highest BCUT2D eigenvalue weighted by atomic mass is 32.2. The maximum atomic E-state index is 13.5. The summed E-state index contributed by atoms with van der Waals surface area (Å²) in [5.74, 6) is -10.2. The Morgan fingerprint density at radius 2 is 1.57 bits per heavy atom. The van der Waals surface area contributed by atoms with Gasteiger partial charge in [0.25, 0.3) is 0 Å². The van der Waals surface area contributed by atoms with Crippen LogP contribution in [0, 0.1) is 0 Å². The SMILES string of the molecule is C=CCNC(=O)C(OCCC(F)(F)S(=O)(=O)O)(OC(=O)C(=C)C(F)(F)F)C(F)(F)F. The fourth-order valence-corrected chi connectivity index (χ4v) is 1.78. The van der Waals surface area contributed by atoms with E-state index >= 15 is 0 Å². The Labute approximate surface area is 163 Å². The molecule has 8 nitrogen and oxygen atoms in total. The van der Waals surface area contributed by atoms with E-state index in [1.807, 2.05) is 0 Å². The van der Waals surface area contributed by atoms with E-state index in [4.69, 9.17) is 4.55 Å². The first kappa shape index (κ1) is 27.7. The molecule has 17 heteroatoms. The van der Waals surface area contributed by atoms with Crippen molar-refractivity contribution in [2.45, 2.75) is 29.8 Å². The van der Waals surface area contributed by atoms with Crippen LogP contribution in [0.5, 0.6) is 0 Å². The van der Waals surface area contributed by atoms with Crippen molar-refractivity contribution < 1.29 is 67.2 Å². The highest BCUT2D eigenvalue weighted by Crippen LogP contribution is 2.38. The van der Waals surface area contributed by atoms with Crippen LogP contribution in [0.1, 0.15) is 6.42 Å². The lowest BCUT2D eigenvalue weighted by Crippen LogP contribution is -2.62. The van der Waals surface area contributed by atoms with Gasteiger partial charge in [0.2, 0.25) is 0 Å². The molecule has 0 aliphatic heterocycles. The molecule has 30 heavy (non-hydrogen) atoms. The molecular formula is C13H13F8NO7S. The molecule has 1 amide bonds. The maximum Gasteiger partial charge on any atom is 0.466 e. The first-order valence-corrected chi connectivity index (χ1v) is 8.61. The van der Waals surface area contributed by atoms with Crippen molar-refractivity contribution in [1.29, 1.82) is 0 Å². The molecule has 0 radical (unpaired) electrons. The fourth-order valence-electron chi connectivity index (χ4n) is 1.44. The molecule has 1 unspecified atom stereocenters. The van der Waals surface area contributed by atoms with Crippen molar-refractivity contribution in [1.82, 2.24) is 5.32 Å². The van der Waals surface area contributed by atoms with Gasteiger partial charge < -0.3 is 14.8 Å². The molecule has 0 aliphatic rings. The van der Waals surface area contributed by atoms with Crippen LogP contribution in [0.2, 0.25) is 0 Å². The van der Waals surface area contributed by atoms with E-state index < -0.39 is 70.5 Å². The predicted octanol–water partition coefficient (Wildman–Crippen LogP) is 2.10. The molecule has 0 spiro atoms. The summed E-state index contributed by atoms with van der Waals surface area (Å²) in [5.41, 5.74) is -2.50. The van der Waals surface area contributed by atoms with Crippen molar-refractivity contribution >= 4 is 22.0 Å². The summed E-state index contributed by atoms with van der Waals surface area (Å²) in [4.78, 5) is 23.3. The molecule has 0 aromatic carbocycles. The van der Waals surface area contributed by atoms with Gasteiger partial charge in [0.1, 0.15) is 5.57 Å². The van der Waals surface area contributed by atoms with Crippen LogP contribution in [0.4, 0.5) is 35.1 Å². The van der Waals surface area contributed by atoms with Gasteiger partial charge >= 0.3 is 45.4 Å². The Morgan fingerprint density at radius 3 is 1.93 bits per heavy atom. The van der Waals surface area contributed by atoms with Crippen LogP contribution in [0.15, 0.2) is 24.8 Å². The standard InChI is InChI=1S/C13H13F8NO7S/c1-3-5-22-9(24)11(13(19,20)21,29-8(23)7(2)12(16,17)18)28-6-4-10(14,15)30(25,26)27/h3H,1-2,4-6H2,(H,22,24)(H,25,26,27). The van der Waals surface area contributed by atoms with Crippen LogP contribution < -0.4 is 5.32 Å². The molecule has 0 heterocycles. The third kappa shape index (κ3) is 6.63. The van der Waals surface area contributed by atoms with Gasteiger partial charge in [-0.05, 0) is 0 Å². The van der Waals surface area contributed by atoms with E-state index in [9.17, 15) is 53.1 Å². The number of hydrogen-bond acceptors (Lipinski definition) is 6. The third-order valence-electron chi connectivity index (χ3n) is 2.98. The Hall–Kier alpha value is -2.27. The van der Waals surface area contributed by atoms with Crippen LogP contribution >= 0.6 is 0 Å². The summed E-state index contributed by atoms with van der Waals surface area (Å²) in [6.45, 7) is 2.39. The molecule has 0 bridgehead atoms. The number of amides is 1. The monoisotopic (exact) mass is 479 g/mol. The topological polar surface area (TPSA) is 119 Å². The van der Waals surface area contributed by atoms with Crippen molar-refractivity contribution in [2.24, 2.45) is 0 Å². The van der Waals surface area contributed by atoms with Crippen molar-refractivity contribution in [3.05, 3.63) is 24.8 Å². The summed E-state index contributed by atoms with van der Waals surface area (Å²) in [5, 5.41) is -3.67. The maximum absolute atomic E-state index is 13.5. The van der Waals surface area contributed by atoms with E-state index in [2.05, 4.69) is 22.6 Å². The van der Waals surface area contributed by atoms with Crippen LogP contribution in [-0.4, -0.2) is 61.4 Å². The zero-order chi connectivity index (χ0) is 24.2. The van der Waals surface area contributed by atoms with Gasteiger partial charge in [0.05, 0.1) is 13.0 Å². The average Bonchev–Trinajstić information content (AvgIpc) is 2.54. The summed E-state index contributed by atoms with van der Waals surface area (Å²) < 4.78 is 141. The van der Waals surface area contributed by atoms with Gasteiger partial charge in [0, 0.05) is 6.54 Å². The van der Waals surface area contributed by atoms with E-state index in [1.165, 1.54) is 5.32 Å². The molecule has 0 aliphatic carbocycles. The smallest absolute Gasteiger partial charge is 0.412 e. The third-order valence-corrected chi connectivity index (χ3v) is 3.94. The van der Waals surface area contributed by atoms with Crippen molar-refractivity contribution in [3.63, 3.8) is 0 Å². The van der Waals surface area contributed by atoms with Crippen molar-refractivity contribution in [3.8, 4) is 0 Å². The zero-order valence-electron chi connectivity index (χ0n) is 14.4. The number of carbonyl (C=O) groups excluding carboxylic acids is 2. The lowest BCUT2D eigenvalue weighted by Gasteiger charge is -2.33. The first-order valence-electron chi connectivity index (χ1n) is 7.17. The lowest BCUT2D eigenvalue weighted by atomic mass is 10.2. The minimum atomic E-state index is -6.15. The van der Waals surface area contributed by atoms with Gasteiger partial charge in [-0.1, -0.05) is 12.7 Å². The molecule has 0 saturated carbocycles. The normalized spacial score (nSPS) is 15.1. The van der Waals surface area contributed by atoms with Crippen molar-refractivity contribution in [2.75, 3.05) is 13.2 Å². The summed E-state index contributed by atoms with van der Waals surface area (Å²) >= 11 is 0. The van der Waals surface area contributed by atoms with Gasteiger partial charge in [-0.2, -0.15) is 43.5 Å². The average molecular weight is 479 g/mol. The number of halogens is 8. The van der Waals surface area contributed by atoms with E-state index in [-0.39, 0.29) is 0 Å². The number of hydrogen-bond donors (Lipinski definition) is 2. The van der Waals surface area contributed by atoms with Gasteiger partial charge in [-0.3, -0.25) is 9.35 Å². The summed E-state index contributed by atoms with van der Waals surface area (Å²) in [6.07, 6.45) is -13.1. The Morgan fingerprint density at radius 1 is 1.07 bits per heavy atom. The number of rotatable bonds is 10. The second kappa shape index (κ2) is 9.25. The van der Waals surface area contributed by atoms with E-state index in [0.29, 0.717) is 0 Å². The molecular weight excluding hydrogens is 466 g/mol. The number of nitrogens with one attached hydrogen (secondary N) is 1. The lowest BCUT2D eigenvalue weighted by molar-refractivity contribution is -0.348. The Bertz CT molecular complexity index is 790. The molecule has 2 N–H and O–H groups in total. The highest BCUT2D eigenvalue weighted by molar-refractivity contribution is 7.86. The molecule has 0 saturated heterocycles. The number of alkyl halides is 8. The molecule has 0 fully saturated rings. The van der Waals surface area contributed by atoms with Crippen LogP contribution in [0.3, 0.4) is 0 Å². The number of carbonyl (C=O) groups is 2. The molecule has 0 aromatic heterocycles. The van der Waals surface area contributed by atoms with Crippen LogP contribution in [-0.2, 0) is 29.2 Å². The minimum absolute atomic E-state index is 0.765. The molecule has 0 aromatic rings. The molecule has 1 atom stereocenters. The predicted molar refractivity (Wildman–Crippen MR) is 80.3 cm³/mol. The summed E-state index contributed by atoms with van der Waals surface area (Å²) in [7, 11) is -6.12. The van der Waals surface area contributed by atoms with Crippen LogP contribution in [0.25, 0.3) is 0 Å².